The van der Waals surface area contributed by atoms with E-state index in [1.54, 1.807) is 39.5 Å². The highest BCUT2D eigenvalue weighted by atomic mass is 16.6. The van der Waals surface area contributed by atoms with Crippen molar-refractivity contribution in [1.29, 1.82) is 0 Å². The summed E-state index contributed by atoms with van der Waals surface area (Å²) >= 11 is 0. The Kier molecular flexibility index (Phi) is 16.0. The first-order chi connectivity index (χ1) is 18.9. The van der Waals surface area contributed by atoms with Crippen molar-refractivity contribution in [2.45, 2.75) is 118 Å². The molecule has 2 N–H and O–H groups in total. The zero-order valence-corrected chi connectivity index (χ0v) is 25.6. The average molecular weight is 562 g/mol. The van der Waals surface area contributed by atoms with Crippen LogP contribution in [-0.4, -0.2) is 60.1 Å². The minimum atomic E-state index is -0.931. The molecule has 0 saturated carbocycles. The van der Waals surface area contributed by atoms with Crippen LogP contribution in [0.5, 0.6) is 0 Å². The van der Waals surface area contributed by atoms with E-state index in [1.807, 2.05) is 31.2 Å². The number of carbonyl (C=O) groups excluding carboxylic acids is 4. The number of hydrogen-bond acceptors (Lipinski definition) is 6. The molecule has 1 rings (SSSR count). The van der Waals surface area contributed by atoms with Crippen LogP contribution in [-0.2, 0) is 30.3 Å². The minimum Gasteiger partial charge on any atom is -0.466 e. The number of nitrogens with zero attached hydrogens (tertiary/aromatic N) is 1. The lowest BCUT2D eigenvalue weighted by molar-refractivity contribution is -0.144. The number of hydrogen-bond donors (Lipinski definition) is 2. The van der Waals surface area contributed by atoms with Gasteiger partial charge in [-0.1, -0.05) is 70.2 Å². The average Bonchev–Trinajstić information content (AvgIpc) is 2.88. The van der Waals surface area contributed by atoms with Crippen LogP contribution in [0.3, 0.4) is 0 Å². The molecular formula is C31H51N3O6. The molecule has 226 valence electrons. The van der Waals surface area contributed by atoms with Gasteiger partial charge in [0.25, 0.3) is 0 Å². The molecular weight excluding hydrogens is 510 g/mol. The van der Waals surface area contributed by atoms with E-state index in [1.165, 1.54) is 0 Å². The highest BCUT2D eigenvalue weighted by Crippen LogP contribution is 2.24. The number of carbonyl (C=O) groups is 4. The van der Waals surface area contributed by atoms with Crippen molar-refractivity contribution >= 4 is 23.9 Å². The van der Waals surface area contributed by atoms with E-state index < -0.39 is 35.7 Å². The van der Waals surface area contributed by atoms with Gasteiger partial charge in [0, 0.05) is 13.1 Å². The lowest BCUT2D eigenvalue weighted by Crippen LogP contribution is -2.52. The third-order valence-electron chi connectivity index (χ3n) is 6.34. The van der Waals surface area contributed by atoms with Crippen LogP contribution >= 0.6 is 0 Å². The smallest absolute Gasteiger partial charge is 0.408 e. The first-order valence-electron chi connectivity index (χ1n) is 14.8. The topological polar surface area (TPSA) is 114 Å². The molecule has 0 aliphatic rings. The molecule has 1 aromatic rings. The molecule has 9 nitrogen and oxygen atoms in total. The van der Waals surface area contributed by atoms with E-state index >= 15 is 0 Å². The third kappa shape index (κ3) is 13.3. The fraction of sp³-hybridized carbons (Fsp3) is 0.677. The maximum absolute atomic E-state index is 13.8. The lowest BCUT2D eigenvalue weighted by atomic mass is 10.00. The number of aryl methyl sites for hydroxylation is 1. The minimum absolute atomic E-state index is 0.0308. The van der Waals surface area contributed by atoms with E-state index in [0.717, 1.165) is 44.1 Å². The van der Waals surface area contributed by atoms with Gasteiger partial charge in [-0.25, -0.2) is 4.79 Å². The fourth-order valence-electron chi connectivity index (χ4n) is 4.25. The Hall–Kier alpha value is -3.10. The molecule has 0 radical (unpaired) electrons. The van der Waals surface area contributed by atoms with Crippen molar-refractivity contribution in [3.05, 3.63) is 35.4 Å². The highest BCUT2D eigenvalue weighted by Gasteiger charge is 2.34. The predicted molar refractivity (Wildman–Crippen MR) is 157 cm³/mol. The van der Waals surface area contributed by atoms with Crippen LogP contribution in [0.1, 0.15) is 111 Å². The first-order valence-corrected chi connectivity index (χ1v) is 14.8. The zero-order chi connectivity index (χ0) is 30.1. The largest absolute Gasteiger partial charge is 0.466 e. The summed E-state index contributed by atoms with van der Waals surface area (Å²) in [5.41, 5.74) is 1.06. The summed E-state index contributed by atoms with van der Waals surface area (Å²) in [4.78, 5) is 53.2. The van der Waals surface area contributed by atoms with Crippen LogP contribution in [0, 0.1) is 0 Å². The van der Waals surface area contributed by atoms with Gasteiger partial charge >= 0.3 is 12.1 Å². The van der Waals surface area contributed by atoms with Gasteiger partial charge in [-0.3, -0.25) is 14.4 Å². The van der Waals surface area contributed by atoms with E-state index in [2.05, 4.69) is 17.6 Å². The molecule has 0 bridgehead atoms. The van der Waals surface area contributed by atoms with E-state index in [4.69, 9.17) is 9.47 Å². The summed E-state index contributed by atoms with van der Waals surface area (Å²) in [6, 6.07) is 5.77. The molecule has 0 aliphatic carbocycles. The molecule has 9 heteroatoms. The number of alkyl carbamates (subject to hydrolysis) is 1. The molecule has 0 spiro atoms. The zero-order valence-electron chi connectivity index (χ0n) is 25.6. The molecule has 0 heterocycles. The van der Waals surface area contributed by atoms with Crippen molar-refractivity contribution in [3.8, 4) is 0 Å². The molecule has 40 heavy (non-hydrogen) atoms. The maximum Gasteiger partial charge on any atom is 0.408 e. The van der Waals surface area contributed by atoms with Crippen LogP contribution < -0.4 is 10.6 Å². The monoisotopic (exact) mass is 561 g/mol. The van der Waals surface area contributed by atoms with Crippen molar-refractivity contribution in [3.63, 3.8) is 0 Å². The van der Waals surface area contributed by atoms with Gasteiger partial charge in [0.05, 0.1) is 13.0 Å². The van der Waals surface area contributed by atoms with Gasteiger partial charge in [0.2, 0.25) is 11.8 Å². The normalized spacial score (nSPS) is 12.7. The Bertz CT molecular complexity index is 926. The summed E-state index contributed by atoms with van der Waals surface area (Å²) < 4.78 is 10.3. The van der Waals surface area contributed by atoms with E-state index in [0.29, 0.717) is 18.5 Å². The molecule has 0 saturated heterocycles. The Labute approximate surface area is 240 Å². The Balaban J connectivity index is 3.26. The number of nitrogens with one attached hydrogen (secondary N) is 2. The second-order valence-corrected chi connectivity index (χ2v) is 11.0. The Morgan fingerprint density at radius 3 is 2.12 bits per heavy atom. The van der Waals surface area contributed by atoms with Crippen molar-refractivity contribution in [2.75, 3.05) is 19.7 Å². The number of amides is 3. The summed E-state index contributed by atoms with van der Waals surface area (Å²) in [5, 5.41) is 5.44. The molecule has 0 aromatic heterocycles. The second-order valence-electron chi connectivity index (χ2n) is 11.0. The molecule has 1 aromatic carbocycles. The Morgan fingerprint density at radius 1 is 0.925 bits per heavy atom. The van der Waals surface area contributed by atoms with Gasteiger partial charge in [-0.15, -0.1) is 0 Å². The van der Waals surface area contributed by atoms with Crippen LogP contribution in [0.25, 0.3) is 0 Å². The van der Waals surface area contributed by atoms with Crippen LogP contribution in [0.4, 0.5) is 4.79 Å². The van der Waals surface area contributed by atoms with Gasteiger partial charge in [-0.2, -0.15) is 0 Å². The number of ether oxygens (including phenoxy) is 2. The molecule has 2 atom stereocenters. The number of esters is 1. The lowest BCUT2D eigenvalue weighted by Gasteiger charge is -2.34. The van der Waals surface area contributed by atoms with E-state index in [9.17, 15) is 19.2 Å². The summed E-state index contributed by atoms with van der Waals surface area (Å²) in [7, 11) is 0. The predicted octanol–water partition coefficient (Wildman–Crippen LogP) is 5.46. The molecule has 0 fully saturated rings. The van der Waals surface area contributed by atoms with E-state index in [-0.39, 0.29) is 25.5 Å². The summed E-state index contributed by atoms with van der Waals surface area (Å²) in [6.45, 7) is 13.5. The van der Waals surface area contributed by atoms with Gasteiger partial charge in [0.15, 0.2) is 0 Å². The molecule has 0 aliphatic heterocycles. The van der Waals surface area contributed by atoms with Crippen LogP contribution in [0.15, 0.2) is 24.3 Å². The first kappa shape index (κ1) is 34.9. The fourth-order valence-corrected chi connectivity index (χ4v) is 4.25. The van der Waals surface area contributed by atoms with Crippen molar-refractivity contribution in [1.82, 2.24) is 15.5 Å². The maximum atomic E-state index is 13.8. The molecule has 2 unspecified atom stereocenters. The Morgan fingerprint density at radius 2 is 1.55 bits per heavy atom. The third-order valence-corrected chi connectivity index (χ3v) is 6.34. The SMILES string of the molecule is CCCCCCCCN(C(=O)C(C)NC(=O)OC(C)(C)C)C(C(=O)NCCC(=O)OCC)c1ccc(CC)cc1. The number of unbranched alkanes of at least 4 members (excludes halogenated alkanes) is 5. The number of rotatable bonds is 17. The van der Waals surface area contributed by atoms with Gasteiger partial charge in [0.1, 0.15) is 17.7 Å². The van der Waals surface area contributed by atoms with Gasteiger partial charge < -0.3 is 25.0 Å². The van der Waals surface area contributed by atoms with Crippen molar-refractivity contribution in [2.24, 2.45) is 0 Å². The highest BCUT2D eigenvalue weighted by molar-refractivity contribution is 5.92. The van der Waals surface area contributed by atoms with Crippen LogP contribution in [0.2, 0.25) is 0 Å². The molecule has 3 amide bonds. The van der Waals surface area contributed by atoms with Crippen molar-refractivity contribution < 1.29 is 28.7 Å². The standard InChI is InChI=1S/C31H51N3O6/c1-8-11-12-13-14-15-22-34(29(37)23(4)33-30(38)40-31(5,6)7)27(25-18-16-24(9-2)17-19-25)28(36)32-21-20-26(35)39-10-3/h16-19,23,27H,8-15,20-22H2,1-7H3,(H,32,36)(H,33,38). The summed E-state index contributed by atoms with van der Waals surface area (Å²) in [5.74, 6) is -1.18. The summed E-state index contributed by atoms with van der Waals surface area (Å²) in [6.07, 6.45) is 6.28. The second kappa shape index (κ2) is 18.3. The van der Waals surface area contributed by atoms with Gasteiger partial charge in [-0.05, 0) is 58.6 Å². The quantitative estimate of drug-likeness (QED) is 0.193. The number of benzene rings is 1.